The lowest BCUT2D eigenvalue weighted by Crippen LogP contribution is -2.18. The van der Waals surface area contributed by atoms with Crippen LogP contribution in [0.2, 0.25) is 0 Å². The number of rotatable bonds is 4. The molecule has 5 heteroatoms. The number of carbonyl (C=O) groups excluding carboxylic acids is 2. The smallest absolute Gasteiger partial charge is 0.187 e. The van der Waals surface area contributed by atoms with Crippen LogP contribution in [0.5, 0.6) is 17.2 Å². The molecule has 0 amide bonds. The molecule has 0 aliphatic heterocycles. The zero-order valence-electron chi connectivity index (χ0n) is 17.7. The number of benzene rings is 3. The van der Waals surface area contributed by atoms with E-state index in [0.717, 1.165) is 51.6 Å². The third-order valence-electron chi connectivity index (χ3n) is 6.12. The van der Waals surface area contributed by atoms with E-state index in [1.807, 2.05) is 25.1 Å². The average Bonchev–Trinajstić information content (AvgIpc) is 2.80. The fourth-order valence-electron chi connectivity index (χ4n) is 4.82. The molecule has 2 aliphatic carbocycles. The van der Waals surface area contributed by atoms with Crippen LogP contribution in [0, 0.1) is 0 Å². The predicted octanol–water partition coefficient (Wildman–Crippen LogP) is 4.96. The van der Waals surface area contributed by atoms with Gasteiger partial charge in [0.05, 0.1) is 20.8 Å². The molecule has 0 atom stereocenters. The molecule has 3 aromatic carbocycles. The maximum Gasteiger partial charge on any atom is 0.187 e. The van der Waals surface area contributed by atoms with Crippen molar-refractivity contribution in [1.29, 1.82) is 0 Å². The number of methoxy groups -OCH3 is 2. The molecule has 2 aliphatic rings. The lowest BCUT2D eigenvalue weighted by molar-refractivity contribution is 0.0994. The Balaban J connectivity index is 1.98. The molecular formula is C26H22O5. The summed E-state index contributed by atoms with van der Waals surface area (Å²) >= 11 is 0. The van der Waals surface area contributed by atoms with E-state index in [1.165, 1.54) is 12.2 Å². The molecule has 0 heterocycles. The van der Waals surface area contributed by atoms with Gasteiger partial charge in [-0.25, -0.2) is 0 Å². The van der Waals surface area contributed by atoms with E-state index in [-0.39, 0.29) is 11.6 Å². The highest BCUT2D eigenvalue weighted by Crippen LogP contribution is 2.49. The van der Waals surface area contributed by atoms with Crippen molar-refractivity contribution in [3.8, 4) is 28.4 Å². The summed E-state index contributed by atoms with van der Waals surface area (Å²) in [5.41, 5.74) is 4.61. The van der Waals surface area contributed by atoms with Gasteiger partial charge < -0.3 is 14.2 Å². The van der Waals surface area contributed by atoms with Gasteiger partial charge >= 0.3 is 0 Å². The van der Waals surface area contributed by atoms with Gasteiger partial charge in [0.15, 0.2) is 11.6 Å². The van der Waals surface area contributed by atoms with Crippen molar-refractivity contribution in [2.75, 3.05) is 20.8 Å². The number of ether oxygens (including phenoxy) is 3. The minimum Gasteiger partial charge on any atom is -0.496 e. The Morgan fingerprint density at radius 1 is 0.806 bits per heavy atom. The molecule has 0 saturated carbocycles. The number of carbonyl (C=O) groups is 2. The zero-order chi connectivity index (χ0) is 21.7. The zero-order valence-corrected chi connectivity index (χ0v) is 17.7. The van der Waals surface area contributed by atoms with Gasteiger partial charge in [0, 0.05) is 33.0 Å². The Labute approximate surface area is 180 Å². The van der Waals surface area contributed by atoms with Crippen LogP contribution in [0.1, 0.15) is 38.8 Å². The monoisotopic (exact) mass is 414 g/mol. The third kappa shape index (κ3) is 2.76. The molecule has 5 rings (SSSR count). The number of hydrogen-bond acceptors (Lipinski definition) is 5. The topological polar surface area (TPSA) is 61.8 Å². The van der Waals surface area contributed by atoms with Crippen LogP contribution in [-0.4, -0.2) is 32.4 Å². The molecule has 0 fully saturated rings. The van der Waals surface area contributed by atoms with Crippen molar-refractivity contribution in [3.05, 3.63) is 64.7 Å². The van der Waals surface area contributed by atoms with Crippen LogP contribution in [0.25, 0.3) is 21.9 Å². The maximum atomic E-state index is 13.1. The number of aryl methyl sites for hydroxylation is 1. The van der Waals surface area contributed by atoms with Crippen LogP contribution in [-0.2, 0) is 12.8 Å². The van der Waals surface area contributed by atoms with Gasteiger partial charge in [-0.2, -0.15) is 0 Å². The predicted molar refractivity (Wildman–Crippen MR) is 119 cm³/mol. The van der Waals surface area contributed by atoms with Crippen molar-refractivity contribution in [2.45, 2.75) is 19.8 Å². The Bertz CT molecular complexity index is 1300. The van der Waals surface area contributed by atoms with Crippen molar-refractivity contribution in [2.24, 2.45) is 0 Å². The molecular weight excluding hydrogens is 392 g/mol. The summed E-state index contributed by atoms with van der Waals surface area (Å²) in [6, 6.07) is 9.59. The molecule has 5 nitrogen and oxygen atoms in total. The maximum absolute atomic E-state index is 13.1. The van der Waals surface area contributed by atoms with E-state index in [1.54, 1.807) is 20.3 Å². The standard InChI is InChI=1S/C26H22O5/c1-4-31-22-13-17-18(27)9-10-19(28)24(17)26-16(22)8-6-14-5-7-15-20(29-2)11-12-21(30-3)25(15)23(14)26/h5,7,9-13H,4,6,8H2,1-3H3. The van der Waals surface area contributed by atoms with Crippen LogP contribution in [0.3, 0.4) is 0 Å². The molecule has 31 heavy (non-hydrogen) atoms. The molecule has 0 saturated heterocycles. The second kappa shape index (κ2) is 7.27. The lowest BCUT2D eigenvalue weighted by Gasteiger charge is -2.28. The summed E-state index contributed by atoms with van der Waals surface area (Å²) in [5, 5.41) is 1.78. The molecule has 0 spiro atoms. The van der Waals surface area contributed by atoms with Gasteiger partial charge in [0.1, 0.15) is 17.2 Å². The van der Waals surface area contributed by atoms with Crippen LogP contribution >= 0.6 is 0 Å². The summed E-state index contributed by atoms with van der Waals surface area (Å²) in [7, 11) is 3.27. The van der Waals surface area contributed by atoms with Gasteiger partial charge in [0.2, 0.25) is 0 Å². The van der Waals surface area contributed by atoms with E-state index >= 15 is 0 Å². The summed E-state index contributed by atoms with van der Waals surface area (Å²) < 4.78 is 17.3. The first-order chi connectivity index (χ1) is 15.1. The van der Waals surface area contributed by atoms with E-state index < -0.39 is 0 Å². The first-order valence-corrected chi connectivity index (χ1v) is 10.3. The molecule has 0 N–H and O–H groups in total. The highest BCUT2D eigenvalue weighted by molar-refractivity contribution is 6.26. The Kier molecular flexibility index (Phi) is 4.54. The van der Waals surface area contributed by atoms with Gasteiger partial charge in [-0.05, 0) is 61.2 Å². The van der Waals surface area contributed by atoms with Crippen LogP contribution < -0.4 is 14.2 Å². The Morgan fingerprint density at radius 2 is 1.55 bits per heavy atom. The lowest BCUT2D eigenvalue weighted by atomic mass is 9.76. The fourth-order valence-corrected chi connectivity index (χ4v) is 4.82. The van der Waals surface area contributed by atoms with Gasteiger partial charge in [-0.3, -0.25) is 9.59 Å². The summed E-state index contributed by atoms with van der Waals surface area (Å²) in [5.74, 6) is 1.73. The fraction of sp³-hybridized carbons (Fsp3) is 0.231. The van der Waals surface area contributed by atoms with Gasteiger partial charge in [0.25, 0.3) is 0 Å². The van der Waals surface area contributed by atoms with Gasteiger partial charge in [-0.15, -0.1) is 0 Å². The summed E-state index contributed by atoms with van der Waals surface area (Å²) in [4.78, 5) is 25.8. The SMILES string of the molecule is CCOc1cc2c(c3c1CCc1ccc4c(OC)ccc(OC)c4c1-3)C(=O)C=CC2=O. The summed E-state index contributed by atoms with van der Waals surface area (Å²) in [6.07, 6.45) is 4.23. The first kappa shape index (κ1) is 19.4. The summed E-state index contributed by atoms with van der Waals surface area (Å²) in [6.45, 7) is 2.39. The molecule has 0 aromatic heterocycles. The number of hydrogen-bond donors (Lipinski definition) is 0. The highest BCUT2D eigenvalue weighted by atomic mass is 16.5. The molecule has 3 aromatic rings. The minimum absolute atomic E-state index is 0.166. The second-order valence-corrected chi connectivity index (χ2v) is 7.64. The van der Waals surface area contributed by atoms with E-state index in [0.29, 0.717) is 29.2 Å². The Hall–Kier alpha value is -3.60. The largest absolute Gasteiger partial charge is 0.496 e. The number of allylic oxidation sites excluding steroid dienone is 2. The normalized spacial score (nSPS) is 14.2. The highest BCUT2D eigenvalue weighted by Gasteiger charge is 2.33. The molecule has 0 unspecified atom stereocenters. The number of ketones is 2. The van der Waals surface area contributed by atoms with Crippen molar-refractivity contribution in [3.63, 3.8) is 0 Å². The van der Waals surface area contributed by atoms with E-state index in [4.69, 9.17) is 14.2 Å². The third-order valence-corrected chi connectivity index (χ3v) is 6.12. The van der Waals surface area contributed by atoms with E-state index in [9.17, 15) is 9.59 Å². The van der Waals surface area contributed by atoms with Crippen LogP contribution in [0.4, 0.5) is 0 Å². The van der Waals surface area contributed by atoms with Gasteiger partial charge in [-0.1, -0.05) is 12.1 Å². The molecule has 0 bridgehead atoms. The quantitative estimate of drug-likeness (QED) is 0.604. The average molecular weight is 414 g/mol. The Morgan fingerprint density at radius 3 is 2.29 bits per heavy atom. The van der Waals surface area contributed by atoms with Crippen molar-refractivity contribution in [1.82, 2.24) is 0 Å². The minimum atomic E-state index is -0.185. The first-order valence-electron chi connectivity index (χ1n) is 10.3. The second-order valence-electron chi connectivity index (χ2n) is 7.64. The van der Waals surface area contributed by atoms with Crippen LogP contribution in [0.15, 0.2) is 42.5 Å². The van der Waals surface area contributed by atoms with Crippen molar-refractivity contribution >= 4 is 22.3 Å². The van der Waals surface area contributed by atoms with E-state index in [2.05, 4.69) is 6.07 Å². The molecule has 156 valence electrons. The number of fused-ring (bicyclic) bond motifs is 7. The van der Waals surface area contributed by atoms with Crippen molar-refractivity contribution < 1.29 is 23.8 Å². The molecule has 0 radical (unpaired) electrons.